The molecule has 86 valence electrons. The SMILES string of the molecule is CC1CCN(C(=O)c2ccnnc2)CC1O. The molecular weight excluding hydrogens is 206 g/mol. The molecule has 0 aliphatic carbocycles. The highest BCUT2D eigenvalue weighted by Crippen LogP contribution is 2.18. The number of carbonyl (C=O) groups is 1. The Morgan fingerprint density at radius 2 is 2.38 bits per heavy atom. The van der Waals surface area contributed by atoms with Gasteiger partial charge in [-0.3, -0.25) is 4.79 Å². The van der Waals surface area contributed by atoms with Crippen molar-refractivity contribution in [2.75, 3.05) is 13.1 Å². The zero-order valence-electron chi connectivity index (χ0n) is 9.21. The van der Waals surface area contributed by atoms with Crippen LogP contribution in [0.2, 0.25) is 0 Å². The predicted molar refractivity (Wildman–Crippen MR) is 57.7 cm³/mol. The van der Waals surface area contributed by atoms with E-state index in [1.54, 1.807) is 11.0 Å². The number of aromatic nitrogens is 2. The van der Waals surface area contributed by atoms with Crippen molar-refractivity contribution < 1.29 is 9.90 Å². The number of aliphatic hydroxyl groups excluding tert-OH is 1. The molecule has 2 heterocycles. The van der Waals surface area contributed by atoms with Crippen LogP contribution in [0, 0.1) is 5.92 Å². The number of aliphatic hydroxyl groups is 1. The molecular formula is C11H15N3O2. The molecule has 5 heteroatoms. The molecule has 0 radical (unpaired) electrons. The molecule has 16 heavy (non-hydrogen) atoms. The topological polar surface area (TPSA) is 66.3 Å². The summed E-state index contributed by atoms with van der Waals surface area (Å²) in [6.07, 6.45) is 3.36. The van der Waals surface area contributed by atoms with Crippen LogP contribution in [0.3, 0.4) is 0 Å². The van der Waals surface area contributed by atoms with Gasteiger partial charge in [0.15, 0.2) is 0 Å². The van der Waals surface area contributed by atoms with E-state index in [9.17, 15) is 9.90 Å². The highest BCUT2D eigenvalue weighted by molar-refractivity contribution is 5.93. The van der Waals surface area contributed by atoms with Gasteiger partial charge in [-0.05, 0) is 18.4 Å². The van der Waals surface area contributed by atoms with E-state index in [4.69, 9.17) is 0 Å². The number of rotatable bonds is 1. The number of hydrogen-bond acceptors (Lipinski definition) is 4. The summed E-state index contributed by atoms with van der Waals surface area (Å²) in [6.45, 7) is 3.10. The first kappa shape index (κ1) is 11.0. The summed E-state index contributed by atoms with van der Waals surface area (Å²) in [4.78, 5) is 13.7. The smallest absolute Gasteiger partial charge is 0.255 e. The summed E-state index contributed by atoms with van der Waals surface area (Å²) >= 11 is 0. The van der Waals surface area contributed by atoms with Gasteiger partial charge in [0.1, 0.15) is 0 Å². The Kier molecular flexibility index (Phi) is 3.14. The normalized spacial score (nSPS) is 25.5. The zero-order valence-corrected chi connectivity index (χ0v) is 9.21. The minimum atomic E-state index is -0.424. The number of piperidine rings is 1. The minimum Gasteiger partial charge on any atom is -0.391 e. The zero-order chi connectivity index (χ0) is 11.5. The second kappa shape index (κ2) is 4.57. The van der Waals surface area contributed by atoms with Crippen molar-refractivity contribution in [2.24, 2.45) is 5.92 Å². The van der Waals surface area contributed by atoms with Gasteiger partial charge in [0.2, 0.25) is 0 Å². The lowest BCUT2D eigenvalue weighted by atomic mass is 9.96. The van der Waals surface area contributed by atoms with Crippen LogP contribution in [0.25, 0.3) is 0 Å². The van der Waals surface area contributed by atoms with E-state index in [1.165, 1.54) is 12.4 Å². The fourth-order valence-corrected chi connectivity index (χ4v) is 1.83. The van der Waals surface area contributed by atoms with Gasteiger partial charge in [0, 0.05) is 13.1 Å². The Morgan fingerprint density at radius 3 is 3.00 bits per heavy atom. The highest BCUT2D eigenvalue weighted by atomic mass is 16.3. The molecule has 1 aliphatic rings. The fraction of sp³-hybridized carbons (Fsp3) is 0.545. The first-order valence-corrected chi connectivity index (χ1v) is 5.42. The van der Waals surface area contributed by atoms with E-state index < -0.39 is 6.10 Å². The van der Waals surface area contributed by atoms with Crippen LogP contribution in [-0.2, 0) is 0 Å². The third kappa shape index (κ3) is 2.19. The van der Waals surface area contributed by atoms with Crippen LogP contribution in [0.5, 0.6) is 0 Å². The molecule has 1 aromatic heterocycles. The Hall–Kier alpha value is -1.49. The van der Waals surface area contributed by atoms with Gasteiger partial charge in [-0.2, -0.15) is 10.2 Å². The quantitative estimate of drug-likeness (QED) is 0.741. The number of amides is 1. The van der Waals surface area contributed by atoms with Gasteiger partial charge in [0.05, 0.1) is 24.1 Å². The van der Waals surface area contributed by atoms with Gasteiger partial charge >= 0.3 is 0 Å². The first-order valence-electron chi connectivity index (χ1n) is 5.42. The molecule has 1 saturated heterocycles. The maximum Gasteiger partial charge on any atom is 0.255 e. The van der Waals surface area contributed by atoms with Gasteiger partial charge in [-0.1, -0.05) is 6.92 Å². The molecule has 0 spiro atoms. The van der Waals surface area contributed by atoms with Crippen molar-refractivity contribution in [3.63, 3.8) is 0 Å². The van der Waals surface area contributed by atoms with Crippen LogP contribution >= 0.6 is 0 Å². The van der Waals surface area contributed by atoms with E-state index in [1.807, 2.05) is 6.92 Å². The van der Waals surface area contributed by atoms with E-state index in [-0.39, 0.29) is 11.8 Å². The maximum atomic E-state index is 12.0. The molecule has 1 N–H and O–H groups in total. The van der Waals surface area contributed by atoms with E-state index in [0.29, 0.717) is 18.7 Å². The molecule has 0 aromatic carbocycles. The second-order valence-electron chi connectivity index (χ2n) is 4.22. The number of likely N-dealkylation sites (tertiary alicyclic amines) is 1. The van der Waals surface area contributed by atoms with Gasteiger partial charge in [0.25, 0.3) is 5.91 Å². The third-order valence-electron chi connectivity index (χ3n) is 3.04. The molecule has 1 aromatic rings. The number of hydrogen-bond donors (Lipinski definition) is 1. The molecule has 2 rings (SSSR count). The van der Waals surface area contributed by atoms with Crippen molar-refractivity contribution in [3.8, 4) is 0 Å². The molecule has 2 unspecified atom stereocenters. The van der Waals surface area contributed by atoms with Gasteiger partial charge in [-0.15, -0.1) is 0 Å². The predicted octanol–water partition coefficient (Wildman–Crippen LogP) is 0.320. The van der Waals surface area contributed by atoms with E-state index >= 15 is 0 Å². The fourth-order valence-electron chi connectivity index (χ4n) is 1.83. The van der Waals surface area contributed by atoms with Crippen LogP contribution in [0.4, 0.5) is 0 Å². The molecule has 1 amide bonds. The first-order chi connectivity index (χ1) is 7.68. The maximum absolute atomic E-state index is 12.0. The summed E-state index contributed by atoms with van der Waals surface area (Å²) < 4.78 is 0. The lowest BCUT2D eigenvalue weighted by molar-refractivity contribution is 0.0248. The Balaban J connectivity index is 2.06. The molecule has 2 atom stereocenters. The lowest BCUT2D eigenvalue weighted by Gasteiger charge is -2.34. The van der Waals surface area contributed by atoms with Crippen molar-refractivity contribution in [1.82, 2.24) is 15.1 Å². The van der Waals surface area contributed by atoms with E-state index in [2.05, 4.69) is 10.2 Å². The van der Waals surface area contributed by atoms with Crippen LogP contribution in [0.15, 0.2) is 18.5 Å². The molecule has 5 nitrogen and oxygen atoms in total. The summed E-state index contributed by atoms with van der Waals surface area (Å²) in [5.74, 6) is 0.181. The third-order valence-corrected chi connectivity index (χ3v) is 3.04. The van der Waals surface area contributed by atoms with Crippen LogP contribution in [0.1, 0.15) is 23.7 Å². The van der Waals surface area contributed by atoms with Gasteiger partial charge in [-0.25, -0.2) is 0 Å². The van der Waals surface area contributed by atoms with Gasteiger partial charge < -0.3 is 10.0 Å². The number of β-amino-alcohol motifs (C(OH)–C–C–N with tert-alkyl or cyclic N) is 1. The Bertz CT molecular complexity index is 369. The van der Waals surface area contributed by atoms with E-state index in [0.717, 1.165) is 6.42 Å². The Morgan fingerprint density at radius 1 is 1.56 bits per heavy atom. The standard InChI is InChI=1S/C11H15N3O2/c1-8-3-5-14(7-10(8)15)11(16)9-2-4-12-13-6-9/h2,4,6,8,10,15H,3,5,7H2,1H3. The minimum absolute atomic E-state index is 0.0825. The summed E-state index contributed by atoms with van der Waals surface area (Å²) in [6, 6.07) is 1.64. The molecule has 0 bridgehead atoms. The Labute approximate surface area is 94.1 Å². The van der Waals surface area contributed by atoms with Crippen molar-refractivity contribution in [1.29, 1.82) is 0 Å². The molecule has 1 aliphatic heterocycles. The van der Waals surface area contributed by atoms with Crippen molar-refractivity contribution >= 4 is 5.91 Å². The largest absolute Gasteiger partial charge is 0.391 e. The molecule has 1 fully saturated rings. The summed E-state index contributed by atoms with van der Waals surface area (Å²) in [5.41, 5.74) is 0.525. The van der Waals surface area contributed by atoms with Crippen LogP contribution in [-0.4, -0.2) is 45.3 Å². The highest BCUT2D eigenvalue weighted by Gasteiger charge is 2.27. The van der Waals surface area contributed by atoms with Crippen LogP contribution < -0.4 is 0 Å². The second-order valence-corrected chi connectivity index (χ2v) is 4.22. The lowest BCUT2D eigenvalue weighted by Crippen LogP contribution is -2.45. The molecule has 0 saturated carbocycles. The number of nitrogens with zero attached hydrogens (tertiary/aromatic N) is 3. The number of carbonyl (C=O) groups excluding carboxylic acids is 1. The van der Waals surface area contributed by atoms with Crippen molar-refractivity contribution in [3.05, 3.63) is 24.0 Å². The average Bonchev–Trinajstić information content (AvgIpc) is 2.33. The van der Waals surface area contributed by atoms with Crippen molar-refractivity contribution in [2.45, 2.75) is 19.4 Å². The summed E-state index contributed by atoms with van der Waals surface area (Å²) in [5, 5.41) is 17.0. The summed E-state index contributed by atoms with van der Waals surface area (Å²) in [7, 11) is 0. The average molecular weight is 221 g/mol. The monoisotopic (exact) mass is 221 g/mol.